The lowest BCUT2D eigenvalue weighted by atomic mass is 9.71. The number of carbonyl (C=O) groups is 2. The van der Waals surface area contributed by atoms with E-state index < -0.39 is 11.6 Å². The molecule has 0 amide bonds. The van der Waals surface area contributed by atoms with Crippen LogP contribution in [0.5, 0.6) is 5.75 Å². The van der Waals surface area contributed by atoms with Crippen molar-refractivity contribution in [2.45, 2.75) is 72.5 Å². The zero-order valence-electron chi connectivity index (χ0n) is 16.5. The van der Waals surface area contributed by atoms with E-state index in [2.05, 4.69) is 20.8 Å². The molecule has 0 N–H and O–H groups in total. The molecule has 0 radical (unpaired) electrons. The van der Waals surface area contributed by atoms with Gasteiger partial charge in [0.25, 0.3) is 0 Å². The second kappa shape index (κ2) is 7.59. The number of hydrogen-bond acceptors (Lipinski definition) is 4. The quantitative estimate of drug-likeness (QED) is 0.502. The van der Waals surface area contributed by atoms with E-state index in [9.17, 15) is 9.59 Å². The van der Waals surface area contributed by atoms with Gasteiger partial charge in [-0.1, -0.05) is 32.4 Å². The summed E-state index contributed by atoms with van der Waals surface area (Å²) in [4.78, 5) is 24.1. The molecular formula is C21H29ClO4. The first-order valence-electron chi connectivity index (χ1n) is 9.10. The summed E-state index contributed by atoms with van der Waals surface area (Å²) in [6.07, 6.45) is 2.77. The molecule has 26 heavy (non-hydrogen) atoms. The normalized spacial score (nSPS) is 22.6. The maximum absolute atomic E-state index is 12.7. The number of ketones is 1. The second-order valence-electron chi connectivity index (χ2n) is 8.75. The zero-order chi connectivity index (χ0) is 19.7. The fourth-order valence-corrected chi connectivity index (χ4v) is 3.98. The van der Waals surface area contributed by atoms with Crippen LogP contribution in [0.15, 0.2) is 18.2 Å². The Morgan fingerprint density at radius 3 is 2.42 bits per heavy atom. The molecule has 1 saturated carbocycles. The first-order valence-corrected chi connectivity index (χ1v) is 9.48. The molecule has 0 aliphatic heterocycles. The van der Waals surface area contributed by atoms with Gasteiger partial charge in [-0.3, -0.25) is 4.79 Å². The molecule has 2 atom stereocenters. The minimum atomic E-state index is -1.17. The highest BCUT2D eigenvalue weighted by atomic mass is 35.5. The molecule has 5 heteroatoms. The van der Waals surface area contributed by atoms with Gasteiger partial charge in [0.1, 0.15) is 11.9 Å². The molecule has 0 heterocycles. The highest BCUT2D eigenvalue weighted by Crippen LogP contribution is 2.40. The maximum atomic E-state index is 12.7. The Morgan fingerprint density at radius 1 is 1.23 bits per heavy atom. The van der Waals surface area contributed by atoms with Gasteiger partial charge in [-0.05, 0) is 69.6 Å². The lowest BCUT2D eigenvalue weighted by Crippen LogP contribution is -2.43. The van der Waals surface area contributed by atoms with Gasteiger partial charge in [0.15, 0.2) is 11.4 Å². The van der Waals surface area contributed by atoms with Gasteiger partial charge in [-0.25, -0.2) is 4.79 Å². The van der Waals surface area contributed by atoms with Crippen molar-refractivity contribution in [2.24, 2.45) is 11.3 Å². The van der Waals surface area contributed by atoms with E-state index in [1.165, 1.54) is 6.92 Å². The average Bonchev–Trinajstić information content (AvgIpc) is 2.46. The van der Waals surface area contributed by atoms with E-state index >= 15 is 0 Å². The Balaban J connectivity index is 2.07. The number of Topliss-reactive ketones (excluding diaryl/α,β-unsaturated/α-hetero) is 1. The van der Waals surface area contributed by atoms with Crippen LogP contribution in [0.1, 0.15) is 71.2 Å². The van der Waals surface area contributed by atoms with E-state index in [0.717, 1.165) is 19.3 Å². The summed E-state index contributed by atoms with van der Waals surface area (Å²) in [6, 6.07) is 4.79. The molecular weight excluding hydrogens is 352 g/mol. The summed E-state index contributed by atoms with van der Waals surface area (Å²) < 4.78 is 11.6. The largest absolute Gasteiger partial charge is 0.475 e. The zero-order valence-corrected chi connectivity index (χ0v) is 17.3. The standard InChI is InChI=1S/C21H29ClO4/c1-13-9-16(12-20(3,4)11-13)25-19(24)21(5,6)26-18-8-7-15(14(2)23)10-17(18)22/h7-8,10,13,16H,9,11-12H2,1-6H3. The lowest BCUT2D eigenvalue weighted by molar-refractivity contribution is -0.169. The van der Waals surface area contributed by atoms with Gasteiger partial charge in [0.05, 0.1) is 5.02 Å². The van der Waals surface area contributed by atoms with Crippen molar-refractivity contribution in [3.8, 4) is 5.75 Å². The highest BCUT2D eigenvalue weighted by molar-refractivity contribution is 6.32. The molecule has 2 rings (SSSR count). The van der Waals surface area contributed by atoms with Crippen LogP contribution in [-0.2, 0) is 9.53 Å². The van der Waals surface area contributed by atoms with Crippen LogP contribution in [-0.4, -0.2) is 23.5 Å². The molecule has 0 aromatic heterocycles. The summed E-state index contributed by atoms with van der Waals surface area (Å²) >= 11 is 6.20. The third-order valence-corrected chi connectivity index (χ3v) is 5.11. The van der Waals surface area contributed by atoms with E-state index in [1.54, 1.807) is 32.0 Å². The second-order valence-corrected chi connectivity index (χ2v) is 9.16. The van der Waals surface area contributed by atoms with Crippen LogP contribution < -0.4 is 4.74 Å². The van der Waals surface area contributed by atoms with Gasteiger partial charge in [0.2, 0.25) is 0 Å². The molecule has 1 aliphatic rings. The third-order valence-electron chi connectivity index (χ3n) is 4.82. The molecule has 1 fully saturated rings. The van der Waals surface area contributed by atoms with Crippen molar-refractivity contribution in [1.29, 1.82) is 0 Å². The average molecular weight is 381 g/mol. The van der Waals surface area contributed by atoms with Crippen LogP contribution in [0.4, 0.5) is 0 Å². The minimum Gasteiger partial charge on any atom is -0.475 e. The SMILES string of the molecule is CC(=O)c1ccc(OC(C)(C)C(=O)OC2CC(C)CC(C)(C)C2)c(Cl)c1. The number of carbonyl (C=O) groups excluding carboxylic acids is 2. The maximum Gasteiger partial charge on any atom is 0.350 e. The molecule has 2 unspecified atom stereocenters. The van der Waals surface area contributed by atoms with Crippen molar-refractivity contribution in [1.82, 2.24) is 0 Å². The fourth-order valence-electron chi connectivity index (χ4n) is 3.76. The van der Waals surface area contributed by atoms with Crippen LogP contribution >= 0.6 is 11.6 Å². The molecule has 1 aromatic carbocycles. The van der Waals surface area contributed by atoms with Crippen LogP contribution in [0, 0.1) is 11.3 Å². The Hall–Kier alpha value is -1.55. The summed E-state index contributed by atoms with van der Waals surface area (Å²) in [7, 11) is 0. The van der Waals surface area contributed by atoms with Gasteiger partial charge < -0.3 is 9.47 Å². The molecule has 0 bridgehead atoms. The number of benzene rings is 1. The van der Waals surface area contributed by atoms with E-state index in [1.807, 2.05) is 0 Å². The van der Waals surface area contributed by atoms with Gasteiger partial charge in [-0.15, -0.1) is 0 Å². The fraction of sp³-hybridized carbons (Fsp3) is 0.619. The van der Waals surface area contributed by atoms with Crippen molar-refractivity contribution < 1.29 is 19.1 Å². The van der Waals surface area contributed by atoms with Gasteiger partial charge in [0, 0.05) is 5.56 Å². The Kier molecular flexibility index (Phi) is 6.06. The third kappa shape index (κ3) is 5.23. The minimum absolute atomic E-state index is 0.0776. The van der Waals surface area contributed by atoms with Crippen molar-refractivity contribution in [3.05, 3.63) is 28.8 Å². The number of hydrogen-bond donors (Lipinski definition) is 0. The van der Waals surface area contributed by atoms with Crippen molar-refractivity contribution in [2.75, 3.05) is 0 Å². The van der Waals surface area contributed by atoms with E-state index in [-0.39, 0.29) is 17.3 Å². The Morgan fingerprint density at radius 2 is 1.88 bits per heavy atom. The topological polar surface area (TPSA) is 52.6 Å². The highest BCUT2D eigenvalue weighted by Gasteiger charge is 2.38. The predicted octanol–water partition coefficient (Wildman–Crippen LogP) is 5.46. The number of rotatable bonds is 5. The van der Waals surface area contributed by atoms with Crippen molar-refractivity contribution >= 4 is 23.4 Å². The number of ether oxygens (including phenoxy) is 2. The summed E-state index contributed by atoms with van der Waals surface area (Å²) in [5.41, 5.74) is -0.507. The Bertz CT molecular complexity index is 693. The molecule has 1 aliphatic carbocycles. The number of halogens is 1. The summed E-state index contributed by atoms with van der Waals surface area (Å²) in [5.74, 6) is 0.398. The first kappa shape index (κ1) is 20.8. The van der Waals surface area contributed by atoms with Crippen LogP contribution in [0.2, 0.25) is 5.02 Å². The predicted molar refractivity (Wildman–Crippen MR) is 103 cm³/mol. The number of esters is 1. The molecule has 144 valence electrons. The van der Waals surface area contributed by atoms with E-state index in [0.29, 0.717) is 22.3 Å². The van der Waals surface area contributed by atoms with Crippen LogP contribution in [0.25, 0.3) is 0 Å². The monoisotopic (exact) mass is 380 g/mol. The van der Waals surface area contributed by atoms with Crippen molar-refractivity contribution in [3.63, 3.8) is 0 Å². The molecule has 1 aromatic rings. The van der Waals surface area contributed by atoms with Crippen LogP contribution in [0.3, 0.4) is 0 Å². The Labute approximate surface area is 161 Å². The molecule has 0 spiro atoms. The van der Waals surface area contributed by atoms with Gasteiger partial charge in [-0.2, -0.15) is 0 Å². The molecule has 4 nitrogen and oxygen atoms in total. The summed E-state index contributed by atoms with van der Waals surface area (Å²) in [5, 5.41) is 0.297. The first-order chi connectivity index (χ1) is 11.9. The smallest absolute Gasteiger partial charge is 0.350 e. The lowest BCUT2D eigenvalue weighted by Gasteiger charge is -2.39. The summed E-state index contributed by atoms with van der Waals surface area (Å²) in [6.45, 7) is 11.4. The van der Waals surface area contributed by atoms with Gasteiger partial charge >= 0.3 is 5.97 Å². The van der Waals surface area contributed by atoms with E-state index in [4.69, 9.17) is 21.1 Å². The molecule has 0 saturated heterocycles.